The summed E-state index contributed by atoms with van der Waals surface area (Å²) in [6.45, 7) is 4.77. The second kappa shape index (κ2) is 5.30. The molecule has 0 aliphatic carbocycles. The van der Waals surface area contributed by atoms with Crippen molar-refractivity contribution in [2.75, 3.05) is 6.61 Å². The Morgan fingerprint density at radius 2 is 2.07 bits per heavy atom. The average Bonchev–Trinajstić information content (AvgIpc) is 2.14. The molecule has 84 valence electrons. The molecule has 0 fully saturated rings. The first-order valence-electron chi connectivity index (χ1n) is 4.69. The minimum absolute atomic E-state index is 0.455. The van der Waals surface area contributed by atoms with Gasteiger partial charge in [0.15, 0.2) is 0 Å². The van der Waals surface area contributed by atoms with Gasteiger partial charge in [0.1, 0.15) is 5.75 Å². The van der Waals surface area contributed by atoms with Crippen LogP contribution >= 0.6 is 31.9 Å². The second-order valence-electron chi connectivity index (χ2n) is 3.73. The largest absolute Gasteiger partial charge is 0.493 e. The first kappa shape index (κ1) is 13.0. The normalized spacial score (nSPS) is 11.9. The first-order chi connectivity index (χ1) is 6.89. The minimum Gasteiger partial charge on any atom is -0.493 e. The van der Waals surface area contributed by atoms with Crippen molar-refractivity contribution in [3.05, 3.63) is 29.8 Å². The van der Waals surface area contributed by atoms with Crippen molar-refractivity contribution in [1.29, 1.82) is 0 Å². The Morgan fingerprint density at radius 3 is 2.60 bits per heavy atom. The summed E-state index contributed by atoms with van der Waals surface area (Å²) in [5.41, 5.74) is 0.490. The molecule has 0 aliphatic rings. The van der Waals surface area contributed by atoms with Crippen LogP contribution in [0.2, 0.25) is 0 Å². The Labute approximate surface area is 106 Å². The van der Waals surface area contributed by atoms with Crippen molar-refractivity contribution in [2.45, 2.75) is 17.3 Å². The van der Waals surface area contributed by atoms with E-state index < -0.39 is 3.49 Å². The zero-order chi connectivity index (χ0) is 11.5. The van der Waals surface area contributed by atoms with Crippen LogP contribution in [0.4, 0.5) is 4.39 Å². The third kappa shape index (κ3) is 4.51. The molecule has 0 N–H and O–H groups in total. The molecule has 0 aromatic heterocycles. The van der Waals surface area contributed by atoms with E-state index in [1.807, 2.05) is 6.07 Å². The number of halogens is 3. The fraction of sp³-hybridized carbons (Fsp3) is 0.455. The molecule has 0 unspecified atom stereocenters. The van der Waals surface area contributed by atoms with Gasteiger partial charge < -0.3 is 4.74 Å². The molecule has 4 heteroatoms. The Balaban J connectivity index is 2.75. The van der Waals surface area contributed by atoms with Crippen LogP contribution in [-0.2, 0) is 3.49 Å². The topological polar surface area (TPSA) is 9.23 Å². The van der Waals surface area contributed by atoms with Crippen LogP contribution < -0.4 is 4.74 Å². The predicted molar refractivity (Wildman–Crippen MR) is 67.4 cm³/mol. The van der Waals surface area contributed by atoms with Crippen LogP contribution in [-0.4, -0.2) is 6.61 Å². The van der Waals surface area contributed by atoms with E-state index in [4.69, 9.17) is 4.74 Å². The van der Waals surface area contributed by atoms with Crippen molar-refractivity contribution in [1.82, 2.24) is 0 Å². The van der Waals surface area contributed by atoms with E-state index in [1.54, 1.807) is 18.2 Å². The van der Waals surface area contributed by atoms with E-state index in [9.17, 15) is 4.39 Å². The summed E-state index contributed by atoms with van der Waals surface area (Å²) in [5, 5.41) is 0. The van der Waals surface area contributed by atoms with Gasteiger partial charge in [-0.1, -0.05) is 26.0 Å². The Hall–Kier alpha value is -0.0900. The Bertz CT molecular complexity index is 321. The molecule has 0 atom stereocenters. The zero-order valence-corrected chi connectivity index (χ0v) is 11.8. The van der Waals surface area contributed by atoms with Crippen LogP contribution in [0, 0.1) is 5.92 Å². The van der Waals surface area contributed by atoms with E-state index >= 15 is 0 Å². The lowest BCUT2D eigenvalue weighted by atomic mass is 10.2. The maximum atomic E-state index is 13.5. The number of hydrogen-bond acceptors (Lipinski definition) is 1. The molecule has 1 aromatic rings. The molecular weight excluding hydrogens is 327 g/mol. The monoisotopic (exact) mass is 338 g/mol. The van der Waals surface area contributed by atoms with Crippen molar-refractivity contribution in [3.63, 3.8) is 0 Å². The van der Waals surface area contributed by atoms with Gasteiger partial charge in [-0.05, 0) is 49.9 Å². The highest BCUT2D eigenvalue weighted by atomic mass is 79.9. The van der Waals surface area contributed by atoms with E-state index in [2.05, 4.69) is 45.7 Å². The van der Waals surface area contributed by atoms with E-state index in [-0.39, 0.29) is 0 Å². The van der Waals surface area contributed by atoms with Gasteiger partial charge in [0.05, 0.1) is 6.61 Å². The highest BCUT2D eigenvalue weighted by Crippen LogP contribution is 2.40. The fourth-order valence-electron chi connectivity index (χ4n) is 1.03. The molecule has 1 rings (SSSR count). The van der Waals surface area contributed by atoms with Crippen molar-refractivity contribution in [2.24, 2.45) is 5.92 Å². The number of hydrogen-bond donors (Lipinski definition) is 0. The summed E-state index contributed by atoms with van der Waals surface area (Å²) in [7, 11) is 0. The summed E-state index contributed by atoms with van der Waals surface area (Å²) in [5.74, 6) is 1.14. The standard InChI is InChI=1S/C11H13Br2FO/c1-8(2)7-15-10-5-3-4-9(6-10)11(12,13)14/h3-6,8H,7H2,1-2H3. The summed E-state index contributed by atoms with van der Waals surface area (Å²) < 4.78 is 17.3. The second-order valence-corrected chi connectivity index (χ2v) is 6.98. The van der Waals surface area contributed by atoms with Gasteiger partial charge in [0.2, 0.25) is 3.49 Å². The van der Waals surface area contributed by atoms with E-state index in [0.717, 1.165) is 0 Å². The van der Waals surface area contributed by atoms with Gasteiger partial charge in [-0.3, -0.25) is 0 Å². The number of ether oxygens (including phenoxy) is 1. The SMILES string of the molecule is CC(C)COc1cccc(C(F)(Br)Br)c1. The quantitative estimate of drug-likeness (QED) is 0.729. The summed E-state index contributed by atoms with van der Waals surface area (Å²) in [4.78, 5) is 0. The lowest BCUT2D eigenvalue weighted by Crippen LogP contribution is -2.06. The first-order valence-corrected chi connectivity index (χ1v) is 6.28. The summed E-state index contributed by atoms with van der Waals surface area (Å²) in [6.07, 6.45) is 0. The maximum absolute atomic E-state index is 13.5. The molecule has 0 spiro atoms. The Morgan fingerprint density at radius 1 is 1.40 bits per heavy atom. The molecule has 0 bridgehead atoms. The van der Waals surface area contributed by atoms with Gasteiger partial charge in [-0.2, -0.15) is 0 Å². The third-order valence-corrected chi connectivity index (χ3v) is 2.66. The van der Waals surface area contributed by atoms with E-state index in [1.165, 1.54) is 0 Å². The third-order valence-electron chi connectivity index (χ3n) is 1.74. The van der Waals surface area contributed by atoms with Crippen LogP contribution in [0.3, 0.4) is 0 Å². The fourth-order valence-corrected chi connectivity index (χ4v) is 1.52. The highest BCUT2D eigenvalue weighted by Gasteiger charge is 2.23. The molecular formula is C11H13Br2FO. The van der Waals surface area contributed by atoms with E-state index in [0.29, 0.717) is 23.8 Å². The molecule has 0 amide bonds. The molecule has 1 nitrogen and oxygen atoms in total. The van der Waals surface area contributed by atoms with Crippen molar-refractivity contribution >= 4 is 31.9 Å². The molecule has 0 saturated heterocycles. The lowest BCUT2D eigenvalue weighted by molar-refractivity contribution is 0.270. The van der Waals surface area contributed by atoms with Gasteiger partial charge in [-0.15, -0.1) is 0 Å². The minimum atomic E-state index is -1.68. The predicted octanol–water partition coefficient (Wildman–Crippen LogP) is 4.59. The maximum Gasteiger partial charge on any atom is 0.244 e. The van der Waals surface area contributed by atoms with Gasteiger partial charge >= 0.3 is 0 Å². The molecule has 0 aliphatic heterocycles. The van der Waals surface area contributed by atoms with Gasteiger partial charge in [0.25, 0.3) is 0 Å². The van der Waals surface area contributed by atoms with Gasteiger partial charge in [0, 0.05) is 5.56 Å². The number of alkyl halides is 3. The van der Waals surface area contributed by atoms with Gasteiger partial charge in [-0.25, -0.2) is 4.39 Å². The Kier molecular flexibility index (Phi) is 4.59. The number of rotatable bonds is 4. The average molecular weight is 340 g/mol. The lowest BCUT2D eigenvalue weighted by Gasteiger charge is -2.13. The summed E-state index contributed by atoms with van der Waals surface area (Å²) in [6, 6.07) is 6.94. The smallest absolute Gasteiger partial charge is 0.244 e. The molecule has 0 heterocycles. The van der Waals surface area contributed by atoms with Crippen molar-refractivity contribution < 1.29 is 9.13 Å². The molecule has 15 heavy (non-hydrogen) atoms. The summed E-state index contributed by atoms with van der Waals surface area (Å²) >= 11 is 5.79. The van der Waals surface area contributed by atoms with Crippen LogP contribution in [0.25, 0.3) is 0 Å². The number of benzene rings is 1. The highest BCUT2D eigenvalue weighted by molar-refractivity contribution is 9.24. The molecule has 0 radical (unpaired) electrons. The van der Waals surface area contributed by atoms with Crippen molar-refractivity contribution in [3.8, 4) is 5.75 Å². The molecule has 0 saturated carbocycles. The zero-order valence-electron chi connectivity index (χ0n) is 8.64. The van der Waals surface area contributed by atoms with Crippen LogP contribution in [0.5, 0.6) is 5.75 Å². The van der Waals surface area contributed by atoms with Crippen LogP contribution in [0.15, 0.2) is 24.3 Å². The van der Waals surface area contributed by atoms with Crippen LogP contribution in [0.1, 0.15) is 19.4 Å². The molecule has 1 aromatic carbocycles.